The average molecular weight is 705 g/mol. The SMILES string of the molecule is CC(C)(C)c1ccc2c(c1)-c1cc(C(C)(C)C)c[c]([Zr+2](=[C](c3ccccc3)c3ccc(Cl)cc3)[CH]3C=CC=C3)c1C2.[Cl-].[Cl-]. The van der Waals surface area contributed by atoms with Crippen molar-refractivity contribution in [2.24, 2.45) is 0 Å². The van der Waals surface area contributed by atoms with Crippen LogP contribution in [0.25, 0.3) is 11.1 Å². The molecule has 0 aliphatic heterocycles. The number of rotatable bonds is 4. The molecule has 0 radical (unpaired) electrons. The van der Waals surface area contributed by atoms with Gasteiger partial charge in [0.25, 0.3) is 0 Å². The van der Waals surface area contributed by atoms with E-state index >= 15 is 0 Å². The summed E-state index contributed by atoms with van der Waals surface area (Å²) in [7, 11) is 0. The first-order valence-corrected chi connectivity index (χ1v) is 19.0. The molecule has 0 N–H and O–H groups in total. The molecule has 0 saturated carbocycles. The Morgan fingerprint density at radius 2 is 1.26 bits per heavy atom. The second kappa shape index (κ2) is 13.1. The molecule has 4 aromatic rings. The number of hydrogen-bond acceptors (Lipinski definition) is 0. The molecule has 4 heteroatoms. The van der Waals surface area contributed by atoms with Crippen LogP contribution in [0, 0.1) is 0 Å². The van der Waals surface area contributed by atoms with Crippen molar-refractivity contribution in [2.45, 2.75) is 62.4 Å². The second-order valence-corrected chi connectivity index (χ2v) is 20.2. The fourth-order valence-electron chi connectivity index (χ4n) is 6.22. The number of allylic oxidation sites excluding steroid dienone is 4. The molecule has 0 fully saturated rings. The predicted molar refractivity (Wildman–Crippen MR) is 175 cm³/mol. The van der Waals surface area contributed by atoms with Crippen molar-refractivity contribution in [3.05, 3.63) is 148 Å². The van der Waals surface area contributed by atoms with E-state index in [0.717, 1.165) is 11.4 Å². The topological polar surface area (TPSA) is 0 Å². The standard InChI is InChI=1S/C21H25.C13H9Cl.C5H5.2ClH.Zr/c1-20(2,3)16-9-7-14-11-15-8-10-17(21(4,5)6)13-19(15)18(14)12-16;14-13-8-6-12(7-9-13)10-11-4-2-1-3-5-11;1-2-4-5-3-1;;;/h7,9-10,12-13H,11H2,1-6H3;1-9H;1-5H;2*1H;/q;;;;;+2/p-2. The zero-order valence-electron chi connectivity index (χ0n) is 25.8. The van der Waals surface area contributed by atoms with Gasteiger partial charge in [-0.25, -0.2) is 0 Å². The quantitative estimate of drug-likeness (QED) is 0.266. The van der Waals surface area contributed by atoms with E-state index in [4.69, 9.17) is 11.6 Å². The number of benzene rings is 4. The van der Waals surface area contributed by atoms with Gasteiger partial charge in [-0.05, 0) is 0 Å². The summed E-state index contributed by atoms with van der Waals surface area (Å²) in [5.41, 5.74) is 11.6. The van der Waals surface area contributed by atoms with Gasteiger partial charge in [-0.1, -0.05) is 0 Å². The van der Waals surface area contributed by atoms with E-state index in [-0.39, 0.29) is 35.6 Å². The molecule has 0 saturated heterocycles. The maximum Gasteiger partial charge on any atom is -1.00 e. The summed E-state index contributed by atoms with van der Waals surface area (Å²) in [5, 5.41) is 0.785. The molecule has 0 unspecified atom stereocenters. The molecular weight excluding hydrogens is 666 g/mol. The maximum atomic E-state index is 6.41. The first-order chi connectivity index (χ1) is 19.5. The van der Waals surface area contributed by atoms with E-state index in [0.29, 0.717) is 3.63 Å². The van der Waals surface area contributed by atoms with Crippen molar-refractivity contribution in [1.82, 2.24) is 0 Å². The van der Waals surface area contributed by atoms with Gasteiger partial charge in [-0.15, -0.1) is 0 Å². The van der Waals surface area contributed by atoms with E-state index in [1.165, 1.54) is 38.9 Å². The zero-order valence-corrected chi connectivity index (χ0v) is 30.5. The monoisotopic (exact) mass is 702 g/mol. The fourth-order valence-corrected chi connectivity index (χ4v) is 14.7. The van der Waals surface area contributed by atoms with Gasteiger partial charge in [0.2, 0.25) is 0 Å². The number of hydrogen-bond donors (Lipinski definition) is 0. The predicted octanol–water partition coefficient (Wildman–Crippen LogP) is 3.94. The minimum absolute atomic E-state index is 0. The van der Waals surface area contributed by atoms with Crippen LogP contribution in [0.15, 0.2) is 109 Å². The third kappa shape index (κ3) is 6.82. The van der Waals surface area contributed by atoms with Crippen LogP contribution in [-0.4, -0.2) is 3.21 Å². The Kier molecular flexibility index (Phi) is 10.4. The Hall–Kier alpha value is -2.02. The summed E-state index contributed by atoms with van der Waals surface area (Å²) in [5.74, 6) is 0. The molecule has 0 spiro atoms. The van der Waals surface area contributed by atoms with Gasteiger partial charge in [0.15, 0.2) is 0 Å². The van der Waals surface area contributed by atoms with Crippen LogP contribution in [-0.2, 0) is 38.5 Å². The van der Waals surface area contributed by atoms with Crippen molar-refractivity contribution < 1.29 is 46.1 Å². The third-order valence-electron chi connectivity index (χ3n) is 8.59. The molecule has 0 nitrogen and oxygen atoms in total. The average Bonchev–Trinajstić information content (AvgIpc) is 3.59. The van der Waals surface area contributed by atoms with Crippen molar-refractivity contribution in [3.8, 4) is 11.1 Å². The fraction of sp³-hybridized carbons (Fsp3) is 0.256. The Morgan fingerprint density at radius 1 is 0.674 bits per heavy atom. The third-order valence-corrected chi connectivity index (χ3v) is 16.7. The molecule has 2 aliphatic rings. The van der Waals surface area contributed by atoms with Crippen LogP contribution in [0.2, 0.25) is 8.65 Å². The molecule has 220 valence electrons. The minimum Gasteiger partial charge on any atom is -1.00 e. The van der Waals surface area contributed by atoms with Crippen molar-refractivity contribution in [2.75, 3.05) is 0 Å². The van der Waals surface area contributed by atoms with Gasteiger partial charge >= 0.3 is 261 Å². The van der Waals surface area contributed by atoms with E-state index in [9.17, 15) is 0 Å². The van der Waals surface area contributed by atoms with Crippen LogP contribution in [0.3, 0.4) is 0 Å². The van der Waals surface area contributed by atoms with Crippen LogP contribution in [0.4, 0.5) is 0 Å². The van der Waals surface area contributed by atoms with Crippen LogP contribution in [0.5, 0.6) is 0 Å². The Labute approximate surface area is 283 Å². The van der Waals surface area contributed by atoms with E-state index in [2.05, 4.69) is 151 Å². The molecule has 0 atom stereocenters. The number of fused-ring (bicyclic) bond motifs is 3. The summed E-state index contributed by atoms with van der Waals surface area (Å²) >= 11 is 3.73. The van der Waals surface area contributed by atoms with Gasteiger partial charge in [0.05, 0.1) is 0 Å². The first kappa shape index (κ1) is 33.9. The number of halogens is 3. The molecular formula is C39H39Cl3Zr. The van der Waals surface area contributed by atoms with Gasteiger partial charge in [-0.3, -0.25) is 0 Å². The zero-order chi connectivity index (χ0) is 28.9. The summed E-state index contributed by atoms with van der Waals surface area (Å²) in [4.78, 5) is 0. The first-order valence-electron chi connectivity index (χ1n) is 14.7. The molecule has 0 aromatic heterocycles. The largest absolute Gasteiger partial charge is 1.00 e. The van der Waals surface area contributed by atoms with Gasteiger partial charge < -0.3 is 24.8 Å². The van der Waals surface area contributed by atoms with E-state index in [1.807, 2.05) is 0 Å². The summed E-state index contributed by atoms with van der Waals surface area (Å²) in [6.07, 6.45) is 10.5. The summed E-state index contributed by atoms with van der Waals surface area (Å²) < 4.78 is 3.64. The summed E-state index contributed by atoms with van der Waals surface area (Å²) in [6, 6.07) is 32.1. The van der Waals surface area contributed by atoms with E-state index < -0.39 is 21.3 Å². The second-order valence-electron chi connectivity index (χ2n) is 13.6. The van der Waals surface area contributed by atoms with Crippen molar-refractivity contribution in [3.63, 3.8) is 0 Å². The Morgan fingerprint density at radius 3 is 1.86 bits per heavy atom. The summed E-state index contributed by atoms with van der Waals surface area (Å²) in [6.45, 7) is 14.0. The maximum absolute atomic E-state index is 6.41. The molecule has 0 heterocycles. The van der Waals surface area contributed by atoms with E-state index in [1.54, 1.807) is 12.0 Å². The molecule has 0 bridgehead atoms. The molecule has 2 aliphatic carbocycles. The molecule has 6 rings (SSSR count). The smallest absolute Gasteiger partial charge is 1.00 e. The van der Waals surface area contributed by atoms with Crippen LogP contribution < -0.4 is 28.1 Å². The molecule has 4 aromatic carbocycles. The van der Waals surface area contributed by atoms with Crippen molar-refractivity contribution in [1.29, 1.82) is 0 Å². The van der Waals surface area contributed by atoms with Gasteiger partial charge in [0, 0.05) is 0 Å². The Bertz CT molecular complexity index is 1700. The minimum atomic E-state index is -2.68. The van der Waals surface area contributed by atoms with Crippen LogP contribution >= 0.6 is 11.6 Å². The molecule has 43 heavy (non-hydrogen) atoms. The van der Waals surface area contributed by atoms with Gasteiger partial charge in [-0.2, -0.15) is 0 Å². The van der Waals surface area contributed by atoms with Gasteiger partial charge in [0.1, 0.15) is 0 Å². The molecule has 0 amide bonds. The Balaban J connectivity index is 0.00000212. The van der Waals surface area contributed by atoms with Crippen molar-refractivity contribution >= 4 is 18.1 Å². The van der Waals surface area contributed by atoms with Crippen LogP contribution in [0.1, 0.15) is 74.9 Å². The normalized spacial score (nSPS) is 14.1.